The van der Waals surface area contributed by atoms with Crippen molar-refractivity contribution in [3.63, 3.8) is 0 Å². The minimum atomic E-state index is -2.25. The highest BCUT2D eigenvalue weighted by atomic mass is 16.8. The third kappa shape index (κ3) is 9.61. The molecule has 5 fully saturated rings. The lowest BCUT2D eigenvalue weighted by Crippen LogP contribution is -2.69. The van der Waals surface area contributed by atoms with Crippen molar-refractivity contribution >= 4 is 0 Å². The van der Waals surface area contributed by atoms with Crippen LogP contribution >= 0.6 is 0 Å². The summed E-state index contributed by atoms with van der Waals surface area (Å²) < 4.78 is 50.1. The number of hydrogen-bond donors (Lipinski definition) is 18. The van der Waals surface area contributed by atoms with Gasteiger partial charge in [-0.15, -0.1) is 0 Å². The van der Waals surface area contributed by atoms with Crippen molar-refractivity contribution in [3.05, 3.63) is 0 Å². The third-order valence-electron chi connectivity index (χ3n) is 10.6. The average Bonchev–Trinajstić information content (AvgIpc) is 3.21. The SMILES string of the molecule is OC[C@H](O)[C@H]1OC(O)[C@@H](O)[C@@H](OC2O[C@H](CO)[C@@H](O)[C@H](OC3O[C@H](CO)[C@@H](O)[C@H](OC4O[C@H](CO)[C@@H](O)[C@H](O)[C@H]4O)[C@H]3OC3O[C@H](CO)[C@H](O)[C@H](O)[C@H]3O)[C@H]2O)[C@@H]1O. The molecule has 5 unspecified atom stereocenters. The van der Waals surface area contributed by atoms with Gasteiger partial charge in [0, 0.05) is 0 Å². The highest BCUT2D eigenvalue weighted by molar-refractivity contribution is 5.00. The minimum absolute atomic E-state index is 0.921. The first kappa shape index (κ1) is 48.0. The molecule has 0 saturated carbocycles. The molecule has 0 aliphatic carbocycles. The molecule has 58 heavy (non-hydrogen) atoms. The zero-order valence-electron chi connectivity index (χ0n) is 30.3. The van der Waals surface area contributed by atoms with Crippen molar-refractivity contribution in [2.75, 3.05) is 33.0 Å². The molecule has 0 aromatic heterocycles. The summed E-state index contributed by atoms with van der Waals surface area (Å²) >= 11 is 0. The Morgan fingerprint density at radius 3 is 1.17 bits per heavy atom. The number of rotatable bonds is 14. The topological polar surface area (TPSA) is 447 Å². The monoisotopic (exact) mass is 858 g/mol. The molecule has 5 saturated heterocycles. The number of hydrogen-bond acceptors (Lipinski definition) is 27. The number of ether oxygens (including phenoxy) is 9. The molecule has 5 aliphatic heterocycles. The van der Waals surface area contributed by atoms with Crippen molar-refractivity contribution < 1.29 is 135 Å². The molecular formula is C31H54O27. The summed E-state index contributed by atoms with van der Waals surface area (Å²) in [6.45, 7) is -4.92. The summed E-state index contributed by atoms with van der Waals surface area (Å²) in [4.78, 5) is 0. The van der Waals surface area contributed by atoms with Gasteiger partial charge in [-0.05, 0) is 0 Å². The molecular weight excluding hydrogens is 804 g/mol. The first-order valence-electron chi connectivity index (χ1n) is 18.2. The number of aliphatic hydroxyl groups is 18. The van der Waals surface area contributed by atoms with Gasteiger partial charge in [-0.3, -0.25) is 0 Å². The second kappa shape index (κ2) is 20.4. The maximum Gasteiger partial charge on any atom is 0.187 e. The van der Waals surface area contributed by atoms with Crippen molar-refractivity contribution in [2.24, 2.45) is 0 Å². The highest BCUT2D eigenvalue weighted by Gasteiger charge is 2.58. The van der Waals surface area contributed by atoms with Gasteiger partial charge in [-0.2, -0.15) is 0 Å². The van der Waals surface area contributed by atoms with E-state index in [4.69, 9.17) is 42.6 Å². The van der Waals surface area contributed by atoms with Crippen LogP contribution in [0.5, 0.6) is 0 Å². The molecule has 0 amide bonds. The van der Waals surface area contributed by atoms with Gasteiger partial charge in [0.05, 0.1) is 33.0 Å². The first-order chi connectivity index (χ1) is 27.4. The van der Waals surface area contributed by atoms with Crippen LogP contribution in [0.15, 0.2) is 0 Å². The van der Waals surface area contributed by atoms with Crippen LogP contribution in [-0.4, -0.2) is 285 Å². The molecule has 0 aromatic carbocycles. The van der Waals surface area contributed by atoms with Crippen molar-refractivity contribution in [1.29, 1.82) is 0 Å². The fraction of sp³-hybridized carbons (Fsp3) is 1.00. The summed E-state index contributed by atoms with van der Waals surface area (Å²) in [5, 5.41) is 188. The minimum Gasteiger partial charge on any atom is -0.394 e. The lowest BCUT2D eigenvalue weighted by molar-refractivity contribution is -0.409. The van der Waals surface area contributed by atoms with E-state index in [0.717, 1.165) is 0 Å². The molecule has 0 spiro atoms. The molecule has 0 bridgehead atoms. The van der Waals surface area contributed by atoms with Gasteiger partial charge in [-0.1, -0.05) is 0 Å². The lowest BCUT2D eigenvalue weighted by atomic mass is 9.94. The van der Waals surface area contributed by atoms with Gasteiger partial charge in [0.1, 0.15) is 128 Å². The lowest BCUT2D eigenvalue weighted by Gasteiger charge is -2.51. The Morgan fingerprint density at radius 1 is 0.345 bits per heavy atom. The molecule has 5 heterocycles. The summed E-state index contributed by atoms with van der Waals surface area (Å²) in [5.41, 5.74) is 0. The highest BCUT2D eigenvalue weighted by Crippen LogP contribution is 2.37. The van der Waals surface area contributed by atoms with Crippen LogP contribution in [0.25, 0.3) is 0 Å². The molecule has 27 heteroatoms. The molecule has 0 radical (unpaired) electrons. The standard InChI is InChI=1S/C31H54O27/c32-1-6(37)22-19(46)24(20(47)27(49)54-22)55-30-21(48)23(13(40)9(4-35)52-30)56-31-26(58-29-18(45)16(43)12(39)8(3-34)51-29)25(14(41)10(5-36)53-31)57-28-17(44)15(42)11(38)7(2-33)50-28/h6-49H,1-5H2/t6-,7+,8+,9+,10+,11+,12-,13+,14+,15-,16-,17+,18+,19+,20-,21+,22+,23-,24-,25-,26+,27?,28?,29?,30?,31?/m0/s1. The van der Waals surface area contributed by atoms with Crippen LogP contribution in [0, 0.1) is 0 Å². The zero-order valence-corrected chi connectivity index (χ0v) is 30.3. The number of aliphatic hydroxyl groups excluding tert-OH is 18. The van der Waals surface area contributed by atoms with Crippen molar-refractivity contribution in [2.45, 2.75) is 160 Å². The Bertz CT molecular complexity index is 1250. The predicted molar refractivity (Wildman–Crippen MR) is 173 cm³/mol. The first-order valence-corrected chi connectivity index (χ1v) is 18.2. The van der Waals surface area contributed by atoms with Crippen molar-refractivity contribution in [3.8, 4) is 0 Å². The Hall–Kier alpha value is -1.08. The van der Waals surface area contributed by atoms with E-state index in [-0.39, 0.29) is 0 Å². The van der Waals surface area contributed by atoms with Crippen LogP contribution in [-0.2, 0) is 42.6 Å². The Labute approximate surface area is 327 Å². The maximum absolute atomic E-state index is 11.5. The van der Waals surface area contributed by atoms with E-state index in [0.29, 0.717) is 0 Å². The van der Waals surface area contributed by atoms with Crippen LogP contribution in [0.2, 0.25) is 0 Å². The van der Waals surface area contributed by atoms with E-state index < -0.39 is 193 Å². The molecule has 5 rings (SSSR count). The van der Waals surface area contributed by atoms with E-state index in [2.05, 4.69) is 0 Å². The Balaban J connectivity index is 1.49. The van der Waals surface area contributed by atoms with Crippen LogP contribution in [0.3, 0.4) is 0 Å². The molecule has 27 nitrogen and oxygen atoms in total. The van der Waals surface area contributed by atoms with E-state index >= 15 is 0 Å². The van der Waals surface area contributed by atoms with Gasteiger partial charge in [0.25, 0.3) is 0 Å². The van der Waals surface area contributed by atoms with Gasteiger partial charge < -0.3 is 135 Å². The van der Waals surface area contributed by atoms with Crippen LogP contribution < -0.4 is 0 Å². The predicted octanol–water partition coefficient (Wildman–Crippen LogP) is -12.6. The zero-order chi connectivity index (χ0) is 42.9. The molecule has 0 aromatic rings. The third-order valence-corrected chi connectivity index (χ3v) is 10.6. The van der Waals surface area contributed by atoms with E-state index in [9.17, 15) is 91.9 Å². The summed E-state index contributed by atoms with van der Waals surface area (Å²) in [5.74, 6) is 0. The van der Waals surface area contributed by atoms with Crippen LogP contribution in [0.1, 0.15) is 0 Å². The normalized spacial score (nSPS) is 52.3. The van der Waals surface area contributed by atoms with Gasteiger partial charge in [-0.25, -0.2) is 0 Å². The Morgan fingerprint density at radius 2 is 0.707 bits per heavy atom. The fourth-order valence-corrected chi connectivity index (χ4v) is 7.21. The smallest absolute Gasteiger partial charge is 0.187 e. The van der Waals surface area contributed by atoms with Gasteiger partial charge >= 0.3 is 0 Å². The maximum atomic E-state index is 11.5. The van der Waals surface area contributed by atoms with E-state index in [1.165, 1.54) is 0 Å². The quantitative estimate of drug-likeness (QED) is 0.0771. The van der Waals surface area contributed by atoms with Crippen LogP contribution in [0.4, 0.5) is 0 Å². The molecule has 18 N–H and O–H groups in total. The Kier molecular flexibility index (Phi) is 16.9. The molecule has 5 aliphatic rings. The largest absolute Gasteiger partial charge is 0.394 e. The summed E-state index contributed by atoms with van der Waals surface area (Å²) in [6, 6.07) is 0. The second-order valence-corrected chi connectivity index (χ2v) is 14.4. The second-order valence-electron chi connectivity index (χ2n) is 14.4. The van der Waals surface area contributed by atoms with Crippen molar-refractivity contribution in [1.82, 2.24) is 0 Å². The van der Waals surface area contributed by atoms with E-state index in [1.807, 2.05) is 0 Å². The molecule has 340 valence electrons. The van der Waals surface area contributed by atoms with Gasteiger partial charge in [0.15, 0.2) is 31.5 Å². The molecule has 26 atom stereocenters. The van der Waals surface area contributed by atoms with E-state index in [1.54, 1.807) is 0 Å². The average molecular weight is 859 g/mol. The summed E-state index contributed by atoms with van der Waals surface area (Å²) in [6.07, 6.45) is -51.5. The fourth-order valence-electron chi connectivity index (χ4n) is 7.21. The van der Waals surface area contributed by atoms with Gasteiger partial charge in [0.2, 0.25) is 0 Å². The summed E-state index contributed by atoms with van der Waals surface area (Å²) in [7, 11) is 0.